The Kier molecular flexibility index (Phi) is 9.32. The van der Waals surface area contributed by atoms with Gasteiger partial charge in [-0.05, 0) is 74.4 Å². The Bertz CT molecular complexity index is 1970. The molecule has 1 aliphatic rings. The number of carboxylic acids is 1. The number of aryl methyl sites for hydroxylation is 2. The first kappa shape index (κ1) is 32.9. The highest BCUT2D eigenvalue weighted by molar-refractivity contribution is 5.86. The van der Waals surface area contributed by atoms with Crippen molar-refractivity contribution in [1.82, 2.24) is 19.9 Å². The second kappa shape index (κ2) is 13.6. The summed E-state index contributed by atoms with van der Waals surface area (Å²) in [6.07, 6.45) is 4.72. The molecule has 2 unspecified atom stereocenters. The fourth-order valence-electron chi connectivity index (χ4n) is 6.57. The summed E-state index contributed by atoms with van der Waals surface area (Å²) in [7, 11) is 1.64. The lowest BCUT2D eigenvalue weighted by Crippen LogP contribution is -2.34. The molecule has 48 heavy (non-hydrogen) atoms. The van der Waals surface area contributed by atoms with Crippen molar-refractivity contribution in [2.75, 3.05) is 13.6 Å². The molecule has 2 atom stereocenters. The third-order valence-corrected chi connectivity index (χ3v) is 9.35. The van der Waals surface area contributed by atoms with E-state index in [0.29, 0.717) is 47.8 Å². The maximum absolute atomic E-state index is 15.6. The van der Waals surface area contributed by atoms with E-state index in [0.717, 1.165) is 11.1 Å². The summed E-state index contributed by atoms with van der Waals surface area (Å²) < 4.78 is 37.1. The minimum absolute atomic E-state index is 0.00503. The van der Waals surface area contributed by atoms with Gasteiger partial charge in [-0.1, -0.05) is 24.3 Å². The van der Waals surface area contributed by atoms with E-state index in [1.807, 2.05) is 31.2 Å². The average Bonchev–Trinajstić information content (AvgIpc) is 3.74. The van der Waals surface area contributed by atoms with Crippen LogP contribution in [0, 0.1) is 11.6 Å². The molecule has 4 bridgehead atoms. The molecule has 2 aromatic heterocycles. The molecule has 0 fully saturated rings. The van der Waals surface area contributed by atoms with Crippen molar-refractivity contribution in [3.8, 4) is 22.9 Å². The second-order valence-corrected chi connectivity index (χ2v) is 12.7. The Morgan fingerprint density at radius 3 is 2.77 bits per heavy atom. The summed E-state index contributed by atoms with van der Waals surface area (Å²) in [5.41, 5.74) is 2.99. The minimum atomic E-state index is -0.883. The summed E-state index contributed by atoms with van der Waals surface area (Å²) in [6.45, 7) is 2.16. The number of H-pyrrole nitrogens is 2. The van der Waals surface area contributed by atoms with Gasteiger partial charge < -0.3 is 29.8 Å². The van der Waals surface area contributed by atoms with Crippen molar-refractivity contribution in [1.29, 1.82) is 0 Å². The summed E-state index contributed by atoms with van der Waals surface area (Å²) in [6, 6.07) is 15.0. The number of carbonyl (C=O) groups is 2. The smallest absolute Gasteiger partial charge is 0.303 e. The molecule has 3 aromatic carbocycles. The van der Waals surface area contributed by atoms with Crippen LogP contribution in [0.2, 0.25) is 0 Å². The van der Waals surface area contributed by atoms with Gasteiger partial charge in [0.2, 0.25) is 5.91 Å². The van der Waals surface area contributed by atoms with E-state index in [4.69, 9.17) is 4.74 Å². The zero-order chi connectivity index (χ0) is 34.0. The lowest BCUT2D eigenvalue weighted by Gasteiger charge is -2.30. The van der Waals surface area contributed by atoms with Crippen LogP contribution in [0.15, 0.2) is 67.0 Å². The predicted octanol–water partition coefficient (Wildman–Crippen LogP) is 6.89. The normalized spacial score (nSPS) is 19.2. The molecule has 3 heterocycles. The highest BCUT2D eigenvalue weighted by atomic mass is 19.1. The van der Waals surface area contributed by atoms with Crippen molar-refractivity contribution < 1.29 is 33.3 Å². The zero-order valence-electron chi connectivity index (χ0n) is 26.9. The molecule has 5 aromatic rings. The largest absolute Gasteiger partial charge is 0.481 e. The number of benzene rings is 3. The van der Waals surface area contributed by atoms with Crippen molar-refractivity contribution in [3.63, 3.8) is 0 Å². The van der Waals surface area contributed by atoms with Gasteiger partial charge in [-0.25, -0.2) is 13.8 Å². The van der Waals surface area contributed by atoms with Crippen LogP contribution in [0.25, 0.3) is 22.3 Å². The zero-order valence-corrected chi connectivity index (χ0v) is 26.9. The van der Waals surface area contributed by atoms with Gasteiger partial charge in [0.1, 0.15) is 17.4 Å². The number of amides is 1. The number of nitrogens with zero attached hydrogens (tertiary/aromatic N) is 2. The van der Waals surface area contributed by atoms with Gasteiger partial charge in [0, 0.05) is 72.5 Å². The number of aromatic nitrogens is 3. The molecular weight excluding hydrogens is 618 g/mol. The molecule has 0 saturated carbocycles. The molecule has 11 heteroatoms. The predicted molar refractivity (Wildman–Crippen MR) is 177 cm³/mol. The number of aromatic amines is 2. The average molecular weight is 657 g/mol. The van der Waals surface area contributed by atoms with E-state index >= 15 is 8.78 Å². The molecule has 250 valence electrons. The number of imidazole rings is 1. The monoisotopic (exact) mass is 656 g/mol. The maximum Gasteiger partial charge on any atom is 0.303 e. The highest BCUT2D eigenvalue weighted by Crippen LogP contribution is 2.40. The fourth-order valence-corrected chi connectivity index (χ4v) is 6.57. The third kappa shape index (κ3) is 6.82. The van der Waals surface area contributed by atoms with E-state index in [2.05, 4.69) is 15.0 Å². The molecular formula is C37H38F2N4O5. The van der Waals surface area contributed by atoms with Crippen molar-refractivity contribution in [2.24, 2.45) is 0 Å². The summed E-state index contributed by atoms with van der Waals surface area (Å²) in [4.78, 5) is 36.8. The molecule has 0 spiro atoms. The lowest BCUT2D eigenvalue weighted by atomic mass is 9.75. The fraction of sp³-hybridized carbons (Fsp3) is 0.324. The molecule has 0 saturated heterocycles. The molecule has 0 radical (unpaired) electrons. The van der Waals surface area contributed by atoms with Crippen molar-refractivity contribution >= 4 is 22.8 Å². The number of aliphatic carboxylic acids is 1. The number of carboxylic acid groups (broad SMARTS) is 1. The molecule has 1 amide bonds. The highest BCUT2D eigenvalue weighted by Gasteiger charge is 2.32. The Morgan fingerprint density at radius 1 is 1.12 bits per heavy atom. The Hall–Kier alpha value is -5.03. The van der Waals surface area contributed by atoms with Gasteiger partial charge in [-0.15, -0.1) is 0 Å². The molecule has 0 aliphatic carbocycles. The van der Waals surface area contributed by atoms with Gasteiger partial charge in [0.25, 0.3) is 0 Å². The first-order valence-corrected chi connectivity index (χ1v) is 16.1. The quantitative estimate of drug-likeness (QED) is 0.167. The van der Waals surface area contributed by atoms with Crippen LogP contribution in [-0.4, -0.2) is 61.6 Å². The van der Waals surface area contributed by atoms with Crippen molar-refractivity contribution in [2.45, 2.75) is 63.4 Å². The van der Waals surface area contributed by atoms with Crippen LogP contribution in [0.5, 0.6) is 11.5 Å². The number of hydrogen-bond acceptors (Lipinski definition) is 5. The lowest BCUT2D eigenvalue weighted by molar-refractivity contribution is -0.137. The van der Waals surface area contributed by atoms with Crippen LogP contribution < -0.4 is 4.74 Å². The number of likely N-dealkylation sites (N-methyl/N-ethyl adjacent to an activating group) is 1. The first-order chi connectivity index (χ1) is 23.0. The number of fused-ring (bicyclic) bond motifs is 8. The van der Waals surface area contributed by atoms with Gasteiger partial charge in [-0.3, -0.25) is 9.59 Å². The van der Waals surface area contributed by atoms with Crippen LogP contribution >= 0.6 is 0 Å². The number of β-amino-alcohol motifs (C(OH)–C–C–N with tert-alkyl or cyclic N) is 1. The van der Waals surface area contributed by atoms with Crippen LogP contribution in [0.3, 0.4) is 0 Å². The molecule has 9 nitrogen and oxygen atoms in total. The van der Waals surface area contributed by atoms with Gasteiger partial charge in [0.05, 0.1) is 11.7 Å². The van der Waals surface area contributed by atoms with E-state index < -0.39 is 29.1 Å². The van der Waals surface area contributed by atoms with Crippen molar-refractivity contribution in [3.05, 3.63) is 101 Å². The second-order valence-electron chi connectivity index (χ2n) is 12.7. The van der Waals surface area contributed by atoms with Crippen LogP contribution in [0.1, 0.15) is 61.4 Å². The number of aliphatic hydroxyl groups is 1. The van der Waals surface area contributed by atoms with Gasteiger partial charge in [0.15, 0.2) is 11.6 Å². The maximum atomic E-state index is 15.6. The third-order valence-electron chi connectivity index (χ3n) is 9.35. The number of rotatable bonds is 4. The number of carbonyl (C=O) groups excluding carboxylic acids is 1. The Morgan fingerprint density at radius 2 is 1.96 bits per heavy atom. The van der Waals surface area contributed by atoms with Gasteiger partial charge >= 0.3 is 5.97 Å². The van der Waals surface area contributed by atoms with Gasteiger partial charge in [-0.2, -0.15) is 0 Å². The molecule has 6 rings (SSSR count). The van der Waals surface area contributed by atoms with Crippen LogP contribution in [-0.2, 0) is 27.8 Å². The SMILES string of the molecule is CN1CC(O)CCCC(C)(c2cccc(CCC(=O)O)c2)c2cnc([nH]2)-c2cc(ccc2F)Oc2c(F)cc3[nH]ccc3c2CCC1=O. The van der Waals surface area contributed by atoms with E-state index in [9.17, 15) is 19.8 Å². The summed E-state index contributed by atoms with van der Waals surface area (Å²) in [5.74, 6) is -1.87. The van der Waals surface area contributed by atoms with E-state index in [-0.39, 0.29) is 54.6 Å². The number of aliphatic hydroxyl groups excluding tert-OH is 1. The Balaban J connectivity index is 1.44. The molecule has 4 N–H and O–H groups in total. The number of nitrogens with one attached hydrogen (secondary N) is 2. The van der Waals surface area contributed by atoms with E-state index in [1.165, 1.54) is 29.2 Å². The van der Waals surface area contributed by atoms with E-state index in [1.54, 1.807) is 25.5 Å². The Labute approximate surface area is 276 Å². The number of halogens is 2. The standard InChI is InChI=1S/C37H38F2N4O5/c1-37(23-6-3-5-22(17-23)8-13-34(46)47)15-4-7-24(44)21-43(2)33(45)12-10-27-26-14-16-40-31(26)19-30(39)35(27)48-25-9-11-29(38)28(18-25)36-41-20-32(37)42-36/h3,5-6,9,11,14,16-20,24,40,44H,4,7-8,10,12-13,15,21H2,1-2H3,(H,41,42)(H,46,47). The summed E-state index contributed by atoms with van der Waals surface area (Å²) in [5, 5.41) is 20.9. The number of ether oxygens (including phenoxy) is 1. The summed E-state index contributed by atoms with van der Waals surface area (Å²) >= 11 is 0. The number of hydrogen-bond donors (Lipinski definition) is 4. The minimum Gasteiger partial charge on any atom is -0.481 e. The first-order valence-electron chi connectivity index (χ1n) is 16.1. The van der Waals surface area contributed by atoms with Crippen LogP contribution in [0.4, 0.5) is 8.78 Å². The topological polar surface area (TPSA) is 132 Å². The molecule has 1 aliphatic heterocycles.